The normalized spacial score (nSPS) is 13.0. The molecule has 0 fully saturated rings. The molecule has 0 aliphatic heterocycles. The summed E-state index contributed by atoms with van der Waals surface area (Å²) in [6.45, 7) is 3.59. The Kier molecular flexibility index (Phi) is 5.75. The van der Waals surface area contributed by atoms with Gasteiger partial charge in [-0.05, 0) is 43.2 Å². The number of nitrogens with zero attached hydrogens (tertiary/aromatic N) is 3. The van der Waals surface area contributed by atoms with Crippen LogP contribution < -0.4 is 5.32 Å². The van der Waals surface area contributed by atoms with Crippen molar-refractivity contribution < 1.29 is 9.52 Å². The molecule has 0 spiro atoms. The predicted octanol–water partition coefficient (Wildman–Crippen LogP) is 4.36. The van der Waals surface area contributed by atoms with Gasteiger partial charge in [0.2, 0.25) is 11.8 Å². The molecule has 1 aromatic heterocycles. The molecule has 0 bridgehead atoms. The van der Waals surface area contributed by atoms with Crippen molar-refractivity contribution in [1.29, 1.82) is 5.26 Å². The first-order chi connectivity index (χ1) is 13.0. The maximum atomic E-state index is 10.3. The molecule has 0 unspecified atom stereocenters. The molecule has 0 saturated carbocycles. The molecule has 1 heterocycles. The third kappa shape index (κ3) is 3.95. The van der Waals surface area contributed by atoms with Gasteiger partial charge in [-0.15, -0.1) is 10.2 Å². The Bertz CT molecular complexity index is 964. The summed E-state index contributed by atoms with van der Waals surface area (Å²) in [5, 5.41) is 31.2. The van der Waals surface area contributed by atoms with Crippen LogP contribution in [-0.2, 0) is 6.42 Å². The van der Waals surface area contributed by atoms with Crippen LogP contribution in [0.1, 0.15) is 36.9 Å². The minimum absolute atomic E-state index is 0.270. The first kappa shape index (κ1) is 18.9. The van der Waals surface area contributed by atoms with Gasteiger partial charge in [-0.1, -0.05) is 36.7 Å². The number of anilines is 1. The van der Waals surface area contributed by atoms with Gasteiger partial charge in [0.25, 0.3) is 0 Å². The van der Waals surface area contributed by atoms with Crippen LogP contribution in [0.15, 0.2) is 46.9 Å². The van der Waals surface area contributed by atoms with Gasteiger partial charge in [-0.2, -0.15) is 5.26 Å². The summed E-state index contributed by atoms with van der Waals surface area (Å²) < 4.78 is 5.78. The fourth-order valence-corrected chi connectivity index (χ4v) is 3.14. The number of halogens is 1. The van der Waals surface area contributed by atoms with Crippen LogP contribution >= 0.6 is 11.6 Å². The smallest absolute Gasteiger partial charge is 0.247 e. The highest BCUT2D eigenvalue weighted by Crippen LogP contribution is 2.32. The van der Waals surface area contributed by atoms with E-state index in [4.69, 9.17) is 21.3 Å². The van der Waals surface area contributed by atoms with Crippen LogP contribution in [0.3, 0.4) is 0 Å². The number of aromatic nitrogens is 2. The molecule has 0 saturated heterocycles. The van der Waals surface area contributed by atoms with Crippen LogP contribution in [0.4, 0.5) is 5.69 Å². The lowest BCUT2D eigenvalue weighted by molar-refractivity contribution is 0.159. The third-order valence-corrected chi connectivity index (χ3v) is 4.67. The molecular formula is C20H19ClN4O2. The summed E-state index contributed by atoms with van der Waals surface area (Å²) in [4.78, 5) is 0. The Morgan fingerprint density at radius 2 is 1.96 bits per heavy atom. The van der Waals surface area contributed by atoms with Crippen molar-refractivity contribution in [2.24, 2.45) is 0 Å². The number of rotatable bonds is 6. The number of hydrogen-bond donors (Lipinski definition) is 2. The molecule has 3 rings (SSSR count). The number of nitrogens with one attached hydrogen (secondary N) is 1. The Morgan fingerprint density at radius 1 is 1.22 bits per heavy atom. The standard InChI is InChI=1S/C20H19ClN4O2/c1-3-15-16(10-9-14(11-22)17(15)21)23-18(12(2)26)20-25-24-19(27-20)13-7-5-4-6-8-13/h4-10,12,18,23,26H,3H2,1-2H3/t12-,18+/m0/s1. The number of benzene rings is 2. The van der Waals surface area contributed by atoms with E-state index in [-0.39, 0.29) is 5.89 Å². The number of aliphatic hydroxyl groups is 1. The van der Waals surface area contributed by atoms with Crippen LogP contribution in [0.25, 0.3) is 11.5 Å². The van der Waals surface area contributed by atoms with E-state index in [1.807, 2.05) is 37.3 Å². The zero-order valence-electron chi connectivity index (χ0n) is 15.0. The molecule has 6 nitrogen and oxygen atoms in total. The van der Waals surface area contributed by atoms with Crippen molar-refractivity contribution in [3.05, 3.63) is 64.5 Å². The topological polar surface area (TPSA) is 95.0 Å². The molecule has 2 aromatic carbocycles. The highest BCUT2D eigenvalue weighted by atomic mass is 35.5. The predicted molar refractivity (Wildman–Crippen MR) is 103 cm³/mol. The second-order valence-electron chi connectivity index (χ2n) is 6.09. The van der Waals surface area contributed by atoms with E-state index in [1.165, 1.54) is 0 Å². The lowest BCUT2D eigenvalue weighted by Gasteiger charge is -2.21. The lowest BCUT2D eigenvalue weighted by Crippen LogP contribution is -2.24. The van der Waals surface area contributed by atoms with E-state index in [0.717, 1.165) is 11.1 Å². The largest absolute Gasteiger partial charge is 0.418 e. The van der Waals surface area contributed by atoms with E-state index in [2.05, 4.69) is 21.6 Å². The average Bonchev–Trinajstić information content (AvgIpc) is 3.16. The van der Waals surface area contributed by atoms with E-state index in [1.54, 1.807) is 19.1 Å². The van der Waals surface area contributed by atoms with Crippen molar-refractivity contribution in [3.8, 4) is 17.5 Å². The van der Waals surface area contributed by atoms with Crippen molar-refractivity contribution in [2.45, 2.75) is 32.4 Å². The number of aliphatic hydroxyl groups excluding tert-OH is 1. The van der Waals surface area contributed by atoms with Gasteiger partial charge >= 0.3 is 0 Å². The summed E-state index contributed by atoms with van der Waals surface area (Å²) in [5.74, 6) is 0.651. The quantitative estimate of drug-likeness (QED) is 0.657. The summed E-state index contributed by atoms with van der Waals surface area (Å²) in [5.41, 5.74) is 2.73. The summed E-state index contributed by atoms with van der Waals surface area (Å²) >= 11 is 6.33. The summed E-state index contributed by atoms with van der Waals surface area (Å²) in [6, 6.07) is 14.3. The number of hydrogen-bond acceptors (Lipinski definition) is 6. The Hall–Kier alpha value is -2.88. The maximum absolute atomic E-state index is 10.3. The molecule has 0 aliphatic rings. The minimum Gasteiger partial charge on any atom is -0.418 e. The zero-order valence-corrected chi connectivity index (χ0v) is 15.7. The zero-order chi connectivity index (χ0) is 19.4. The van der Waals surface area contributed by atoms with Crippen molar-refractivity contribution in [3.63, 3.8) is 0 Å². The van der Waals surface area contributed by atoms with Crippen molar-refractivity contribution in [1.82, 2.24) is 10.2 Å². The van der Waals surface area contributed by atoms with Gasteiger partial charge in [0, 0.05) is 11.3 Å². The first-order valence-corrected chi connectivity index (χ1v) is 8.97. The lowest BCUT2D eigenvalue weighted by atomic mass is 10.0. The van der Waals surface area contributed by atoms with E-state index in [9.17, 15) is 5.11 Å². The fraction of sp³-hybridized carbons (Fsp3) is 0.250. The monoisotopic (exact) mass is 382 g/mol. The van der Waals surface area contributed by atoms with E-state index < -0.39 is 12.1 Å². The highest BCUT2D eigenvalue weighted by Gasteiger charge is 2.25. The molecule has 2 atom stereocenters. The van der Waals surface area contributed by atoms with Gasteiger partial charge in [-0.25, -0.2) is 0 Å². The van der Waals surface area contributed by atoms with Crippen LogP contribution in [0.5, 0.6) is 0 Å². The molecule has 0 radical (unpaired) electrons. The van der Waals surface area contributed by atoms with E-state index in [0.29, 0.717) is 28.6 Å². The van der Waals surface area contributed by atoms with Crippen molar-refractivity contribution in [2.75, 3.05) is 5.32 Å². The van der Waals surface area contributed by atoms with Gasteiger partial charge < -0.3 is 14.8 Å². The molecule has 138 valence electrons. The Labute approximate surface area is 162 Å². The first-order valence-electron chi connectivity index (χ1n) is 8.60. The SMILES string of the molecule is CCc1c(N[C@@H](c2nnc(-c3ccccc3)o2)[C@H](C)O)ccc(C#N)c1Cl. The van der Waals surface area contributed by atoms with Gasteiger partial charge in [-0.3, -0.25) is 0 Å². The second kappa shape index (κ2) is 8.21. The molecular weight excluding hydrogens is 364 g/mol. The summed E-state index contributed by atoms with van der Waals surface area (Å²) in [7, 11) is 0. The van der Waals surface area contributed by atoms with E-state index >= 15 is 0 Å². The third-order valence-electron chi connectivity index (χ3n) is 4.24. The molecule has 0 aliphatic carbocycles. The average molecular weight is 383 g/mol. The molecule has 0 amide bonds. The van der Waals surface area contributed by atoms with Crippen LogP contribution in [0, 0.1) is 11.3 Å². The number of nitriles is 1. The van der Waals surface area contributed by atoms with Gasteiger partial charge in [0.15, 0.2) is 0 Å². The highest BCUT2D eigenvalue weighted by molar-refractivity contribution is 6.32. The summed E-state index contributed by atoms with van der Waals surface area (Å²) in [6.07, 6.45) is -0.171. The molecule has 7 heteroatoms. The maximum Gasteiger partial charge on any atom is 0.247 e. The Balaban J connectivity index is 1.93. The van der Waals surface area contributed by atoms with Crippen LogP contribution in [-0.4, -0.2) is 21.4 Å². The van der Waals surface area contributed by atoms with Gasteiger partial charge in [0.05, 0.1) is 16.7 Å². The molecule has 3 aromatic rings. The molecule has 2 N–H and O–H groups in total. The molecule has 27 heavy (non-hydrogen) atoms. The van der Waals surface area contributed by atoms with Crippen molar-refractivity contribution >= 4 is 17.3 Å². The minimum atomic E-state index is -0.798. The second-order valence-corrected chi connectivity index (χ2v) is 6.47. The van der Waals surface area contributed by atoms with Crippen LogP contribution in [0.2, 0.25) is 5.02 Å². The fourth-order valence-electron chi connectivity index (χ4n) is 2.80. The Morgan fingerprint density at radius 3 is 2.59 bits per heavy atom. The van der Waals surface area contributed by atoms with Gasteiger partial charge in [0.1, 0.15) is 12.1 Å².